The fraction of sp³-hybridized carbons (Fsp3) is 0.409. The Morgan fingerprint density at radius 3 is 2.47 bits per heavy atom. The van der Waals surface area contributed by atoms with Crippen LogP contribution in [0.2, 0.25) is 0 Å². The Morgan fingerprint density at radius 1 is 1.13 bits per heavy atom. The van der Waals surface area contributed by atoms with Crippen LogP contribution in [0.25, 0.3) is 0 Å². The molecule has 0 radical (unpaired) electrons. The number of benzene rings is 2. The minimum atomic E-state index is -4.60. The lowest BCUT2D eigenvalue weighted by atomic mass is 10.0. The van der Waals surface area contributed by atoms with Gasteiger partial charge in [-0.25, -0.2) is 4.79 Å². The van der Waals surface area contributed by atoms with Gasteiger partial charge in [-0.2, -0.15) is 13.2 Å². The number of hydrogen-bond donors (Lipinski definition) is 2. The first kappa shape index (κ1) is 22.0. The average Bonchev–Trinajstić information content (AvgIpc) is 2.71. The normalized spacial score (nSPS) is 15.6. The summed E-state index contributed by atoms with van der Waals surface area (Å²) in [5.41, 5.74) is 0.0167. The lowest BCUT2D eigenvalue weighted by molar-refractivity contribution is -0.137. The smallest absolute Gasteiger partial charge is 0.418 e. The molecule has 8 heteroatoms. The summed E-state index contributed by atoms with van der Waals surface area (Å²) in [4.78, 5) is 14.6. The standard InChI is InChI=1S/C22H26F3N3O2/c1-2-30-18-8-9-20(19(14-18)22(23,24)25)27-21(29)26-17-10-12-28(13-11-17)15-16-6-4-3-5-7-16/h3-9,14,17H,2,10-13,15H2,1H3,(H2,26,27,29). The summed E-state index contributed by atoms with van der Waals surface area (Å²) in [5.74, 6) is 0.113. The fourth-order valence-electron chi connectivity index (χ4n) is 3.54. The van der Waals surface area contributed by atoms with Gasteiger partial charge in [0.1, 0.15) is 5.75 Å². The van der Waals surface area contributed by atoms with E-state index in [2.05, 4.69) is 27.7 Å². The Kier molecular flexibility index (Phi) is 7.20. The number of halogens is 3. The van der Waals surface area contributed by atoms with Crippen LogP contribution < -0.4 is 15.4 Å². The summed E-state index contributed by atoms with van der Waals surface area (Å²) in [6.07, 6.45) is -3.11. The number of rotatable bonds is 6. The predicted octanol–water partition coefficient (Wildman–Crippen LogP) is 4.89. The molecule has 0 atom stereocenters. The van der Waals surface area contributed by atoms with Crippen LogP contribution in [0.5, 0.6) is 5.75 Å². The molecule has 2 amide bonds. The van der Waals surface area contributed by atoms with Gasteiger partial charge in [-0.15, -0.1) is 0 Å². The minimum absolute atomic E-state index is 0.0749. The number of amides is 2. The molecule has 1 aliphatic heterocycles. The van der Waals surface area contributed by atoms with Crippen LogP contribution in [0, 0.1) is 0 Å². The van der Waals surface area contributed by atoms with Crippen molar-refractivity contribution in [3.05, 3.63) is 59.7 Å². The quantitative estimate of drug-likeness (QED) is 0.698. The van der Waals surface area contributed by atoms with E-state index in [0.29, 0.717) is 0 Å². The lowest BCUT2D eigenvalue weighted by Gasteiger charge is -2.32. The van der Waals surface area contributed by atoms with Gasteiger partial charge in [0.05, 0.1) is 17.9 Å². The van der Waals surface area contributed by atoms with Crippen LogP contribution in [0.15, 0.2) is 48.5 Å². The molecule has 1 aliphatic rings. The number of hydrogen-bond acceptors (Lipinski definition) is 3. The predicted molar refractivity (Wildman–Crippen MR) is 110 cm³/mol. The molecule has 1 saturated heterocycles. The zero-order valence-corrected chi connectivity index (χ0v) is 16.8. The van der Waals surface area contributed by atoms with Crippen LogP contribution in [0.1, 0.15) is 30.9 Å². The van der Waals surface area contributed by atoms with Gasteiger partial charge in [0.15, 0.2) is 0 Å². The maximum Gasteiger partial charge on any atom is 0.418 e. The zero-order chi connectivity index (χ0) is 21.6. The Bertz CT molecular complexity index is 835. The van der Waals surface area contributed by atoms with Gasteiger partial charge in [-0.05, 0) is 43.5 Å². The number of ether oxygens (including phenoxy) is 1. The van der Waals surface area contributed by atoms with Crippen molar-refractivity contribution in [2.75, 3.05) is 25.0 Å². The van der Waals surface area contributed by atoms with E-state index in [1.165, 1.54) is 17.7 Å². The molecule has 1 heterocycles. The highest BCUT2D eigenvalue weighted by Crippen LogP contribution is 2.37. The van der Waals surface area contributed by atoms with Crippen LogP contribution >= 0.6 is 0 Å². The van der Waals surface area contributed by atoms with Crippen molar-refractivity contribution >= 4 is 11.7 Å². The second kappa shape index (κ2) is 9.84. The molecule has 0 unspecified atom stereocenters. The SMILES string of the molecule is CCOc1ccc(NC(=O)NC2CCN(Cc3ccccc3)CC2)c(C(F)(F)F)c1. The van der Waals surface area contributed by atoms with E-state index in [-0.39, 0.29) is 24.1 Å². The summed E-state index contributed by atoms with van der Waals surface area (Å²) < 4.78 is 45.2. The summed E-state index contributed by atoms with van der Waals surface area (Å²) >= 11 is 0. The van der Waals surface area contributed by atoms with E-state index in [1.807, 2.05) is 18.2 Å². The van der Waals surface area contributed by atoms with Crippen molar-refractivity contribution in [2.24, 2.45) is 0 Å². The first-order valence-corrected chi connectivity index (χ1v) is 10.0. The van der Waals surface area contributed by atoms with Crippen LogP contribution in [0.3, 0.4) is 0 Å². The summed E-state index contributed by atoms with van der Waals surface area (Å²) in [7, 11) is 0. The molecule has 1 fully saturated rings. The van der Waals surface area contributed by atoms with Crippen LogP contribution in [-0.2, 0) is 12.7 Å². The van der Waals surface area contributed by atoms with E-state index in [9.17, 15) is 18.0 Å². The molecule has 0 aliphatic carbocycles. The lowest BCUT2D eigenvalue weighted by Crippen LogP contribution is -2.45. The number of nitrogens with one attached hydrogen (secondary N) is 2. The number of alkyl halides is 3. The number of anilines is 1. The minimum Gasteiger partial charge on any atom is -0.494 e. The largest absolute Gasteiger partial charge is 0.494 e. The molecule has 2 aromatic carbocycles. The maximum absolute atomic E-state index is 13.4. The highest BCUT2D eigenvalue weighted by atomic mass is 19.4. The van der Waals surface area contributed by atoms with Crippen molar-refractivity contribution in [2.45, 2.75) is 38.5 Å². The maximum atomic E-state index is 13.4. The van der Waals surface area contributed by atoms with Gasteiger partial charge in [-0.3, -0.25) is 4.90 Å². The summed E-state index contributed by atoms with van der Waals surface area (Å²) in [6, 6.07) is 13.0. The highest BCUT2D eigenvalue weighted by molar-refractivity contribution is 5.90. The summed E-state index contributed by atoms with van der Waals surface area (Å²) in [5, 5.41) is 5.14. The molecule has 0 spiro atoms. The number of nitrogens with zero attached hydrogens (tertiary/aromatic N) is 1. The second-order valence-electron chi connectivity index (χ2n) is 7.27. The molecule has 5 nitrogen and oxygen atoms in total. The average molecular weight is 421 g/mol. The fourth-order valence-corrected chi connectivity index (χ4v) is 3.54. The molecular formula is C22H26F3N3O2. The first-order valence-electron chi connectivity index (χ1n) is 10.0. The molecule has 3 rings (SSSR count). The van der Waals surface area contributed by atoms with Crippen molar-refractivity contribution in [1.82, 2.24) is 10.2 Å². The third kappa shape index (κ3) is 6.13. The van der Waals surface area contributed by atoms with Gasteiger partial charge in [0.2, 0.25) is 0 Å². The summed E-state index contributed by atoms with van der Waals surface area (Å²) in [6.45, 7) is 4.43. The number of likely N-dealkylation sites (tertiary alicyclic amines) is 1. The van der Waals surface area contributed by atoms with Crippen LogP contribution in [0.4, 0.5) is 23.7 Å². The molecular weight excluding hydrogens is 395 g/mol. The molecule has 2 N–H and O–H groups in total. The Hall–Kier alpha value is -2.74. The topological polar surface area (TPSA) is 53.6 Å². The van der Waals surface area contributed by atoms with Crippen molar-refractivity contribution < 1.29 is 22.7 Å². The number of piperidine rings is 1. The molecule has 0 bridgehead atoms. The van der Waals surface area contributed by atoms with E-state index < -0.39 is 17.8 Å². The third-order valence-corrected chi connectivity index (χ3v) is 5.03. The zero-order valence-electron chi connectivity index (χ0n) is 16.8. The van der Waals surface area contributed by atoms with Crippen LogP contribution in [-0.4, -0.2) is 36.7 Å². The number of carbonyl (C=O) groups excluding carboxylic acids is 1. The Labute approximate surface area is 174 Å². The van der Waals surface area contributed by atoms with Crippen molar-refractivity contribution in [3.63, 3.8) is 0 Å². The Balaban J connectivity index is 1.54. The van der Waals surface area contributed by atoms with Gasteiger partial charge in [-0.1, -0.05) is 30.3 Å². The number of urea groups is 1. The molecule has 2 aromatic rings. The third-order valence-electron chi connectivity index (χ3n) is 5.03. The van der Waals surface area contributed by atoms with E-state index in [0.717, 1.165) is 38.5 Å². The first-order chi connectivity index (χ1) is 14.3. The Morgan fingerprint density at radius 2 is 1.83 bits per heavy atom. The van der Waals surface area contributed by atoms with E-state index >= 15 is 0 Å². The molecule has 0 saturated carbocycles. The molecule has 162 valence electrons. The molecule has 0 aromatic heterocycles. The van der Waals surface area contributed by atoms with Gasteiger partial charge >= 0.3 is 12.2 Å². The van der Waals surface area contributed by atoms with E-state index in [4.69, 9.17) is 4.74 Å². The van der Waals surface area contributed by atoms with Crippen molar-refractivity contribution in [1.29, 1.82) is 0 Å². The second-order valence-corrected chi connectivity index (χ2v) is 7.27. The molecule has 30 heavy (non-hydrogen) atoms. The number of carbonyl (C=O) groups is 1. The van der Waals surface area contributed by atoms with Gasteiger partial charge in [0.25, 0.3) is 0 Å². The van der Waals surface area contributed by atoms with Crippen molar-refractivity contribution in [3.8, 4) is 5.75 Å². The van der Waals surface area contributed by atoms with Gasteiger partial charge < -0.3 is 15.4 Å². The highest BCUT2D eigenvalue weighted by Gasteiger charge is 2.34. The van der Waals surface area contributed by atoms with E-state index in [1.54, 1.807) is 6.92 Å². The monoisotopic (exact) mass is 421 g/mol. The van der Waals surface area contributed by atoms with Gasteiger partial charge in [0, 0.05) is 25.7 Å².